The summed E-state index contributed by atoms with van der Waals surface area (Å²) in [4.78, 5) is 0. The average Bonchev–Trinajstić information content (AvgIpc) is 3.15. The molecule has 2 rings (SSSR count). The molecular weight excluding hydrogens is 753 g/mol. The van der Waals surface area contributed by atoms with E-state index in [1.54, 1.807) is 0 Å². The lowest BCUT2D eigenvalue weighted by Crippen LogP contribution is -2.27. The van der Waals surface area contributed by atoms with Crippen LogP contribution < -0.4 is 0 Å². The smallest absolute Gasteiger partial charge is 0.161 e. The van der Waals surface area contributed by atoms with Gasteiger partial charge in [-0.3, -0.25) is 0 Å². The van der Waals surface area contributed by atoms with Crippen LogP contribution in [0.2, 0.25) is 0 Å². The van der Waals surface area contributed by atoms with E-state index < -0.39 is 0 Å². The Balaban J connectivity index is 1.94. The fourth-order valence-corrected chi connectivity index (χ4v) is 11.0. The molecule has 0 bridgehead atoms. The van der Waals surface area contributed by atoms with Crippen LogP contribution in [0.5, 0.6) is 0 Å². The van der Waals surface area contributed by atoms with Crippen molar-refractivity contribution in [3.63, 3.8) is 0 Å². The molecule has 61 heavy (non-hydrogen) atoms. The lowest BCUT2D eigenvalue weighted by atomic mass is 9.82. The molecule has 0 spiro atoms. The first-order chi connectivity index (χ1) is 29.0. The summed E-state index contributed by atoms with van der Waals surface area (Å²) < 4.78 is 20.0. The van der Waals surface area contributed by atoms with Gasteiger partial charge >= 0.3 is 0 Å². The Morgan fingerprint density at radius 1 is 0.344 bits per heavy atom. The van der Waals surface area contributed by atoms with E-state index in [9.17, 15) is 10.2 Å². The van der Waals surface area contributed by atoms with Crippen molar-refractivity contribution >= 4 is 0 Å². The third-order valence-electron chi connectivity index (χ3n) is 13.1. The Bertz CT molecular complexity index is 1200. The highest BCUT2D eigenvalue weighted by Gasteiger charge is 2.22. The Morgan fingerprint density at radius 3 is 0.885 bits per heavy atom. The summed E-state index contributed by atoms with van der Waals surface area (Å²) in [5.41, 5.74) is 2.33. The highest BCUT2D eigenvalue weighted by atomic mass is 16.8. The van der Waals surface area contributed by atoms with Crippen LogP contribution >= 0.6 is 0 Å². The lowest BCUT2D eigenvalue weighted by molar-refractivity contribution is -0.257. The molecule has 0 aliphatic carbocycles. The summed E-state index contributed by atoms with van der Waals surface area (Å²) in [6, 6.07) is 20.9. The number of aliphatic hydroxyl groups excluding tert-OH is 2. The van der Waals surface area contributed by atoms with Crippen molar-refractivity contribution in [3.8, 4) is 0 Å². The second-order valence-electron chi connectivity index (χ2n) is 21.6. The van der Waals surface area contributed by atoms with Gasteiger partial charge in [-0.25, -0.2) is 0 Å². The normalized spacial score (nSPS) is 19.1. The monoisotopic (exact) mass is 851 g/mol. The summed E-state index contributed by atoms with van der Waals surface area (Å²) in [6.45, 7) is 28.9. The molecule has 2 aromatic rings. The Morgan fingerprint density at radius 2 is 0.607 bits per heavy atom. The van der Waals surface area contributed by atoms with Gasteiger partial charge in [-0.1, -0.05) is 143 Å². The van der Waals surface area contributed by atoms with Crippen LogP contribution in [0.4, 0.5) is 0 Å². The molecule has 2 aromatic carbocycles. The number of aliphatic hydroxyl groups is 2. The molecule has 0 saturated heterocycles. The van der Waals surface area contributed by atoms with Gasteiger partial charge in [-0.05, 0) is 174 Å². The summed E-state index contributed by atoms with van der Waals surface area (Å²) in [6.07, 6.45) is 17.0. The maximum absolute atomic E-state index is 9.79. The van der Waals surface area contributed by atoms with E-state index in [1.807, 2.05) is 13.8 Å². The molecule has 0 saturated carbocycles. The van der Waals surface area contributed by atoms with E-state index in [0.29, 0.717) is 60.6 Å². The van der Waals surface area contributed by atoms with Gasteiger partial charge < -0.3 is 24.4 Å². The van der Waals surface area contributed by atoms with Crippen molar-refractivity contribution in [1.29, 1.82) is 0 Å². The summed E-state index contributed by atoms with van der Waals surface area (Å²) in [5.74, 6) is 6.76. The summed E-state index contributed by atoms with van der Waals surface area (Å²) in [5, 5.41) is 19.6. The zero-order valence-electron chi connectivity index (χ0n) is 41.7. The first-order valence-corrected chi connectivity index (χ1v) is 25.3. The van der Waals surface area contributed by atoms with Gasteiger partial charge in [-0.15, -0.1) is 0 Å². The standard InChI is InChI=1S/C56H98O5/c1-41(29-43(3)31-45(5)33-47(7)35-49(9)37-51(11)57)21-19-27-55(59-39-53-23-15-13-16-24-53)61-56(60-40-54-25-17-14-18-26-54)28-20-22-42(2)30-44(4)32-46(6)34-48(8)36-50(10)38-52(12)58/h13-18,23-26,41-52,55-58H,19-22,27-40H2,1-12H3. The van der Waals surface area contributed by atoms with Gasteiger partial charge in [0.1, 0.15) is 0 Å². The molecule has 5 nitrogen and oxygen atoms in total. The maximum atomic E-state index is 9.79. The third-order valence-corrected chi connectivity index (χ3v) is 13.1. The molecule has 5 heteroatoms. The summed E-state index contributed by atoms with van der Waals surface area (Å²) in [7, 11) is 0. The van der Waals surface area contributed by atoms with Crippen molar-refractivity contribution in [1.82, 2.24) is 0 Å². The minimum atomic E-state index is -0.320. The maximum Gasteiger partial charge on any atom is 0.161 e. The molecule has 0 heterocycles. The first-order valence-electron chi connectivity index (χ1n) is 25.3. The van der Waals surface area contributed by atoms with Gasteiger partial charge in [0.05, 0.1) is 25.4 Å². The van der Waals surface area contributed by atoms with Crippen molar-refractivity contribution in [2.24, 2.45) is 59.2 Å². The topological polar surface area (TPSA) is 68.2 Å². The molecule has 0 radical (unpaired) electrons. The fraction of sp³-hybridized carbons (Fsp3) is 0.786. The quantitative estimate of drug-likeness (QED) is 0.0669. The van der Waals surface area contributed by atoms with Crippen molar-refractivity contribution in [2.75, 3.05) is 0 Å². The van der Waals surface area contributed by atoms with Gasteiger partial charge in [0.25, 0.3) is 0 Å². The van der Waals surface area contributed by atoms with Gasteiger partial charge in [0.15, 0.2) is 12.6 Å². The molecule has 0 amide bonds. The van der Waals surface area contributed by atoms with Gasteiger partial charge in [0, 0.05) is 0 Å². The SMILES string of the molecule is CC(O)CC(C)CC(C)CC(C)CC(C)CC(C)CCCC(OCc1ccccc1)OC(CCCC(C)CC(C)CC(C)CC(C)CC(C)CC(C)O)OCc1ccccc1. The van der Waals surface area contributed by atoms with Crippen LogP contribution in [-0.4, -0.2) is 35.0 Å². The second kappa shape index (κ2) is 32.0. The Hall–Kier alpha value is -1.76. The van der Waals surface area contributed by atoms with Gasteiger partial charge in [-0.2, -0.15) is 0 Å². The van der Waals surface area contributed by atoms with E-state index >= 15 is 0 Å². The zero-order chi connectivity index (χ0) is 45.2. The Kier molecular flexibility index (Phi) is 29.0. The van der Waals surface area contributed by atoms with E-state index in [2.05, 4.69) is 130 Å². The zero-order valence-corrected chi connectivity index (χ0v) is 41.7. The average molecular weight is 851 g/mol. The number of rotatable bonds is 36. The van der Waals surface area contributed by atoms with Crippen LogP contribution in [0, 0.1) is 59.2 Å². The summed E-state index contributed by atoms with van der Waals surface area (Å²) >= 11 is 0. The van der Waals surface area contributed by atoms with Crippen LogP contribution in [0.1, 0.15) is 197 Å². The first kappa shape index (κ1) is 55.4. The molecule has 0 aromatic heterocycles. The minimum absolute atomic E-state index is 0.201. The number of hydrogen-bond donors (Lipinski definition) is 2. The van der Waals surface area contributed by atoms with Crippen molar-refractivity contribution < 1.29 is 24.4 Å². The molecule has 14 unspecified atom stereocenters. The molecule has 14 atom stereocenters. The second-order valence-corrected chi connectivity index (χ2v) is 21.6. The van der Waals surface area contributed by atoms with E-state index in [4.69, 9.17) is 14.2 Å². The number of ether oxygens (including phenoxy) is 3. The van der Waals surface area contributed by atoms with E-state index in [-0.39, 0.29) is 24.8 Å². The third kappa shape index (κ3) is 28.6. The van der Waals surface area contributed by atoms with E-state index in [1.165, 1.54) is 75.3 Å². The highest BCUT2D eigenvalue weighted by Crippen LogP contribution is 2.31. The van der Waals surface area contributed by atoms with Crippen molar-refractivity contribution in [3.05, 3.63) is 71.8 Å². The molecule has 0 aliphatic heterocycles. The van der Waals surface area contributed by atoms with Crippen LogP contribution in [0.3, 0.4) is 0 Å². The number of hydrogen-bond acceptors (Lipinski definition) is 5. The van der Waals surface area contributed by atoms with Crippen molar-refractivity contribution in [2.45, 2.75) is 224 Å². The molecule has 0 fully saturated rings. The Labute approximate surface area is 377 Å². The predicted octanol–water partition coefficient (Wildman–Crippen LogP) is 15.5. The molecule has 352 valence electrons. The van der Waals surface area contributed by atoms with Crippen LogP contribution in [-0.2, 0) is 27.4 Å². The molecule has 2 N–H and O–H groups in total. The predicted molar refractivity (Wildman–Crippen MR) is 260 cm³/mol. The van der Waals surface area contributed by atoms with E-state index in [0.717, 1.165) is 50.4 Å². The largest absolute Gasteiger partial charge is 0.393 e. The highest BCUT2D eigenvalue weighted by molar-refractivity contribution is 5.14. The fourth-order valence-electron chi connectivity index (χ4n) is 11.0. The lowest BCUT2D eigenvalue weighted by Gasteiger charge is -2.27. The number of benzene rings is 2. The van der Waals surface area contributed by atoms with Gasteiger partial charge in [0.2, 0.25) is 0 Å². The van der Waals surface area contributed by atoms with Crippen LogP contribution in [0.15, 0.2) is 60.7 Å². The van der Waals surface area contributed by atoms with Crippen LogP contribution in [0.25, 0.3) is 0 Å². The molecular formula is C56H98O5. The molecule has 0 aliphatic rings. The minimum Gasteiger partial charge on any atom is -0.393 e.